The zero-order valence-electron chi connectivity index (χ0n) is 7.93. The van der Waals surface area contributed by atoms with Gasteiger partial charge in [-0.1, -0.05) is 27.2 Å². The van der Waals surface area contributed by atoms with Gasteiger partial charge in [0.1, 0.15) is 0 Å². The molecule has 0 saturated heterocycles. The lowest BCUT2D eigenvalue weighted by atomic mass is 9.53. The van der Waals surface area contributed by atoms with E-state index in [-0.39, 0.29) is 0 Å². The Kier molecular flexibility index (Phi) is 2.58. The highest BCUT2D eigenvalue weighted by Crippen LogP contribution is 2.53. The Morgan fingerprint density at radius 1 is 1.36 bits per heavy atom. The molecule has 0 amide bonds. The summed E-state index contributed by atoms with van der Waals surface area (Å²) in [5.41, 5.74) is 0.498. The predicted octanol–water partition coefficient (Wildman–Crippen LogP) is 2.44. The smallest absolute Gasteiger partial charge is 0.0433 e. The van der Waals surface area contributed by atoms with Gasteiger partial charge in [0.15, 0.2) is 0 Å². The molecular weight excluding hydrogens is 136 g/mol. The van der Waals surface area contributed by atoms with E-state index in [4.69, 9.17) is 5.11 Å². The van der Waals surface area contributed by atoms with Crippen LogP contribution in [-0.2, 0) is 0 Å². The zero-order chi connectivity index (χ0) is 8.48. The van der Waals surface area contributed by atoms with Crippen molar-refractivity contribution in [3.8, 4) is 0 Å². The molecule has 1 rings (SSSR count). The molecule has 0 aromatic heterocycles. The van der Waals surface area contributed by atoms with Gasteiger partial charge in [-0.25, -0.2) is 0 Å². The maximum atomic E-state index is 8.79. The van der Waals surface area contributed by atoms with Crippen molar-refractivity contribution in [1.29, 1.82) is 0 Å². The van der Waals surface area contributed by atoms with E-state index in [1.54, 1.807) is 0 Å². The van der Waals surface area contributed by atoms with E-state index >= 15 is 0 Å². The number of aliphatic hydroxyl groups is 1. The molecule has 0 radical (unpaired) electrons. The SMILES string of the molecule is CCC1CC(CCO)C1(C)C. The van der Waals surface area contributed by atoms with Gasteiger partial charge < -0.3 is 5.11 Å². The fraction of sp³-hybridized carbons (Fsp3) is 1.00. The molecule has 0 spiro atoms. The Morgan fingerprint density at radius 3 is 2.36 bits per heavy atom. The van der Waals surface area contributed by atoms with Crippen LogP contribution in [0.15, 0.2) is 0 Å². The van der Waals surface area contributed by atoms with Crippen molar-refractivity contribution >= 4 is 0 Å². The summed E-state index contributed by atoms with van der Waals surface area (Å²) in [6.07, 6.45) is 3.64. The van der Waals surface area contributed by atoms with Crippen LogP contribution in [0.5, 0.6) is 0 Å². The highest BCUT2D eigenvalue weighted by atomic mass is 16.3. The van der Waals surface area contributed by atoms with Gasteiger partial charge in [-0.05, 0) is 30.1 Å². The van der Waals surface area contributed by atoms with Crippen molar-refractivity contribution in [3.63, 3.8) is 0 Å². The summed E-state index contributed by atoms with van der Waals surface area (Å²) < 4.78 is 0. The highest BCUT2D eigenvalue weighted by Gasteiger charge is 2.45. The van der Waals surface area contributed by atoms with Gasteiger partial charge in [0.25, 0.3) is 0 Å². The van der Waals surface area contributed by atoms with Crippen LogP contribution in [0.4, 0.5) is 0 Å². The summed E-state index contributed by atoms with van der Waals surface area (Å²) in [5.74, 6) is 1.68. The third-order valence-corrected chi connectivity index (χ3v) is 3.64. The lowest BCUT2D eigenvalue weighted by Gasteiger charge is -2.52. The van der Waals surface area contributed by atoms with Gasteiger partial charge in [0, 0.05) is 6.61 Å². The summed E-state index contributed by atoms with van der Waals surface area (Å²) >= 11 is 0. The van der Waals surface area contributed by atoms with E-state index in [1.807, 2.05) is 0 Å². The second-order valence-corrected chi connectivity index (χ2v) is 4.37. The molecule has 1 aliphatic carbocycles. The quantitative estimate of drug-likeness (QED) is 0.665. The van der Waals surface area contributed by atoms with Crippen LogP contribution in [-0.4, -0.2) is 11.7 Å². The summed E-state index contributed by atoms with van der Waals surface area (Å²) in [7, 11) is 0. The third-order valence-electron chi connectivity index (χ3n) is 3.64. The normalized spacial score (nSPS) is 34.9. The van der Waals surface area contributed by atoms with E-state index in [0.29, 0.717) is 12.0 Å². The summed E-state index contributed by atoms with van der Waals surface area (Å²) in [4.78, 5) is 0. The Balaban J connectivity index is 2.40. The van der Waals surface area contributed by atoms with Gasteiger partial charge in [-0.2, -0.15) is 0 Å². The predicted molar refractivity (Wildman–Crippen MR) is 47.4 cm³/mol. The number of rotatable bonds is 3. The highest BCUT2D eigenvalue weighted by molar-refractivity contribution is 4.95. The minimum atomic E-state index is 0.366. The van der Waals surface area contributed by atoms with Crippen LogP contribution in [0.2, 0.25) is 0 Å². The van der Waals surface area contributed by atoms with Gasteiger partial charge >= 0.3 is 0 Å². The van der Waals surface area contributed by atoms with Crippen molar-refractivity contribution in [2.45, 2.75) is 40.0 Å². The summed E-state index contributed by atoms with van der Waals surface area (Å²) in [6.45, 7) is 7.31. The first kappa shape index (κ1) is 9.05. The van der Waals surface area contributed by atoms with Gasteiger partial charge in [0.2, 0.25) is 0 Å². The van der Waals surface area contributed by atoms with E-state index in [9.17, 15) is 0 Å². The monoisotopic (exact) mass is 156 g/mol. The lowest BCUT2D eigenvalue weighted by molar-refractivity contribution is -0.0352. The topological polar surface area (TPSA) is 20.2 Å². The summed E-state index contributed by atoms with van der Waals surface area (Å²) in [6, 6.07) is 0. The lowest BCUT2D eigenvalue weighted by Crippen LogP contribution is -2.44. The molecule has 0 aromatic rings. The molecule has 1 nitrogen and oxygen atoms in total. The van der Waals surface area contributed by atoms with E-state index in [2.05, 4.69) is 20.8 Å². The molecule has 1 fully saturated rings. The molecule has 66 valence electrons. The van der Waals surface area contributed by atoms with E-state index < -0.39 is 0 Å². The van der Waals surface area contributed by atoms with Crippen LogP contribution in [0.3, 0.4) is 0 Å². The number of aliphatic hydroxyl groups excluding tert-OH is 1. The van der Waals surface area contributed by atoms with Crippen molar-refractivity contribution < 1.29 is 5.11 Å². The first-order chi connectivity index (χ1) is 5.12. The van der Waals surface area contributed by atoms with Crippen LogP contribution in [0.1, 0.15) is 40.0 Å². The van der Waals surface area contributed by atoms with E-state index in [1.165, 1.54) is 12.8 Å². The standard InChI is InChI=1S/C10H20O/c1-4-8-7-9(5-6-11)10(8,2)3/h8-9,11H,4-7H2,1-3H3. The molecule has 11 heavy (non-hydrogen) atoms. The van der Waals surface area contributed by atoms with Gasteiger partial charge in [-0.3, -0.25) is 0 Å². The molecule has 0 bridgehead atoms. The third kappa shape index (κ3) is 1.44. The van der Waals surface area contributed by atoms with Crippen LogP contribution in [0.25, 0.3) is 0 Å². The average molecular weight is 156 g/mol. The largest absolute Gasteiger partial charge is 0.396 e. The molecule has 1 saturated carbocycles. The minimum Gasteiger partial charge on any atom is -0.396 e. The molecule has 0 aliphatic heterocycles. The first-order valence-corrected chi connectivity index (χ1v) is 4.73. The van der Waals surface area contributed by atoms with Crippen molar-refractivity contribution in [3.05, 3.63) is 0 Å². The first-order valence-electron chi connectivity index (χ1n) is 4.73. The Labute approximate surface area is 69.8 Å². The molecule has 0 heterocycles. The molecular formula is C10H20O. The van der Waals surface area contributed by atoms with Crippen LogP contribution < -0.4 is 0 Å². The fourth-order valence-corrected chi connectivity index (χ4v) is 2.46. The van der Waals surface area contributed by atoms with E-state index in [0.717, 1.165) is 18.3 Å². The Bertz CT molecular complexity index is 129. The van der Waals surface area contributed by atoms with Crippen molar-refractivity contribution in [2.24, 2.45) is 17.3 Å². The zero-order valence-corrected chi connectivity index (χ0v) is 7.93. The maximum Gasteiger partial charge on any atom is 0.0433 e. The van der Waals surface area contributed by atoms with Crippen molar-refractivity contribution in [2.75, 3.05) is 6.61 Å². The van der Waals surface area contributed by atoms with Crippen molar-refractivity contribution in [1.82, 2.24) is 0 Å². The second-order valence-electron chi connectivity index (χ2n) is 4.37. The Morgan fingerprint density at radius 2 is 2.00 bits per heavy atom. The second kappa shape index (κ2) is 3.14. The molecule has 1 aliphatic rings. The number of hydrogen-bond donors (Lipinski definition) is 1. The summed E-state index contributed by atoms with van der Waals surface area (Å²) in [5, 5.41) is 8.79. The molecule has 1 heteroatoms. The van der Waals surface area contributed by atoms with Crippen LogP contribution in [0, 0.1) is 17.3 Å². The molecule has 1 N–H and O–H groups in total. The average Bonchev–Trinajstić information content (AvgIpc) is 1.97. The molecule has 2 atom stereocenters. The van der Waals surface area contributed by atoms with Gasteiger partial charge in [0.05, 0.1) is 0 Å². The van der Waals surface area contributed by atoms with Gasteiger partial charge in [-0.15, -0.1) is 0 Å². The molecule has 0 aromatic carbocycles. The maximum absolute atomic E-state index is 8.79. The number of hydrogen-bond acceptors (Lipinski definition) is 1. The molecule has 2 unspecified atom stereocenters. The Hall–Kier alpha value is -0.0400. The minimum absolute atomic E-state index is 0.366. The van der Waals surface area contributed by atoms with Crippen LogP contribution >= 0.6 is 0 Å². The fourth-order valence-electron chi connectivity index (χ4n) is 2.46.